The summed E-state index contributed by atoms with van der Waals surface area (Å²) in [6.45, 7) is 0.547. The third-order valence-electron chi connectivity index (χ3n) is 4.27. The van der Waals surface area contributed by atoms with Crippen LogP contribution in [0.5, 0.6) is 5.75 Å². The topological polar surface area (TPSA) is 57.3 Å². The number of hydrogen-bond acceptors (Lipinski definition) is 4. The van der Waals surface area contributed by atoms with Gasteiger partial charge >= 0.3 is 5.76 Å². The monoisotopic (exact) mass is 394 g/mol. The maximum absolute atomic E-state index is 13.0. The SMILES string of the molecule is O=c1oc(-c2ccc(F)cc2)nn1Cc1ccc(OCc2ccc(F)cc2)cc1. The van der Waals surface area contributed by atoms with E-state index in [0.29, 0.717) is 17.9 Å². The fourth-order valence-corrected chi connectivity index (χ4v) is 2.73. The Labute approximate surface area is 164 Å². The molecule has 3 aromatic carbocycles. The largest absolute Gasteiger partial charge is 0.489 e. The Balaban J connectivity index is 1.41. The molecule has 5 nitrogen and oxygen atoms in total. The van der Waals surface area contributed by atoms with Crippen molar-refractivity contribution >= 4 is 0 Å². The Morgan fingerprint density at radius 2 is 1.41 bits per heavy atom. The smallest absolute Gasteiger partial charge is 0.437 e. The van der Waals surface area contributed by atoms with Gasteiger partial charge in [0.25, 0.3) is 0 Å². The molecule has 0 unspecified atom stereocenters. The molecule has 0 aliphatic heterocycles. The van der Waals surface area contributed by atoms with Crippen LogP contribution in [0.3, 0.4) is 0 Å². The van der Waals surface area contributed by atoms with Gasteiger partial charge in [0.2, 0.25) is 5.89 Å². The first-order valence-corrected chi connectivity index (χ1v) is 8.87. The summed E-state index contributed by atoms with van der Waals surface area (Å²) in [7, 11) is 0. The van der Waals surface area contributed by atoms with Crippen molar-refractivity contribution in [3.05, 3.63) is 106 Å². The highest BCUT2D eigenvalue weighted by Gasteiger charge is 2.11. The van der Waals surface area contributed by atoms with E-state index in [1.54, 1.807) is 24.3 Å². The molecule has 4 aromatic rings. The van der Waals surface area contributed by atoms with Gasteiger partial charge in [-0.05, 0) is 59.7 Å². The lowest BCUT2D eigenvalue weighted by atomic mass is 10.2. The van der Waals surface area contributed by atoms with Crippen LogP contribution in [0.4, 0.5) is 8.78 Å². The number of rotatable bonds is 6. The number of benzene rings is 3. The van der Waals surface area contributed by atoms with E-state index in [4.69, 9.17) is 9.15 Å². The Kier molecular flexibility index (Phi) is 5.20. The van der Waals surface area contributed by atoms with E-state index in [1.165, 1.54) is 41.1 Å². The van der Waals surface area contributed by atoms with E-state index >= 15 is 0 Å². The highest BCUT2D eigenvalue weighted by molar-refractivity contribution is 5.51. The van der Waals surface area contributed by atoms with Crippen LogP contribution in [0.1, 0.15) is 11.1 Å². The van der Waals surface area contributed by atoms with Crippen LogP contribution in [0.2, 0.25) is 0 Å². The van der Waals surface area contributed by atoms with Crippen molar-refractivity contribution in [3.8, 4) is 17.2 Å². The molecule has 0 radical (unpaired) electrons. The second kappa shape index (κ2) is 8.10. The van der Waals surface area contributed by atoms with Crippen molar-refractivity contribution in [1.82, 2.24) is 9.78 Å². The predicted octanol–water partition coefficient (Wildman–Crippen LogP) is 4.41. The molecule has 4 rings (SSSR count). The van der Waals surface area contributed by atoms with E-state index in [2.05, 4.69) is 5.10 Å². The molecule has 0 aliphatic rings. The van der Waals surface area contributed by atoms with Crippen LogP contribution in [-0.2, 0) is 13.2 Å². The third-order valence-corrected chi connectivity index (χ3v) is 4.27. The van der Waals surface area contributed by atoms with Crippen molar-refractivity contribution in [1.29, 1.82) is 0 Å². The lowest BCUT2D eigenvalue weighted by Crippen LogP contribution is -2.16. The average Bonchev–Trinajstić information content (AvgIpc) is 3.09. The molecule has 0 fully saturated rings. The molecule has 0 saturated heterocycles. The van der Waals surface area contributed by atoms with Crippen molar-refractivity contribution < 1.29 is 17.9 Å². The molecule has 1 aromatic heterocycles. The second-order valence-corrected chi connectivity index (χ2v) is 6.40. The molecule has 0 amide bonds. The van der Waals surface area contributed by atoms with E-state index < -0.39 is 5.76 Å². The van der Waals surface area contributed by atoms with E-state index in [9.17, 15) is 13.6 Å². The highest BCUT2D eigenvalue weighted by Crippen LogP contribution is 2.17. The Morgan fingerprint density at radius 3 is 2.07 bits per heavy atom. The van der Waals surface area contributed by atoms with Gasteiger partial charge in [-0.3, -0.25) is 0 Å². The zero-order chi connectivity index (χ0) is 20.2. The molecule has 0 saturated carbocycles. The first-order valence-electron chi connectivity index (χ1n) is 8.87. The predicted molar refractivity (Wildman–Crippen MR) is 102 cm³/mol. The van der Waals surface area contributed by atoms with Gasteiger partial charge in [0.1, 0.15) is 24.0 Å². The molecular weight excluding hydrogens is 378 g/mol. The summed E-state index contributed by atoms with van der Waals surface area (Å²) in [4.78, 5) is 12.0. The number of halogens is 2. The van der Waals surface area contributed by atoms with Crippen molar-refractivity contribution in [2.45, 2.75) is 13.2 Å². The fourth-order valence-electron chi connectivity index (χ4n) is 2.73. The molecular formula is C22H16F2N2O3. The standard InChI is InChI=1S/C22H16F2N2O3/c23-18-7-1-16(2-8-18)14-28-20-11-3-15(4-12-20)13-26-22(27)29-21(25-26)17-5-9-19(24)10-6-17/h1-12H,13-14H2. The van der Waals surface area contributed by atoms with Crippen molar-refractivity contribution in [2.24, 2.45) is 0 Å². The first-order chi connectivity index (χ1) is 14.1. The van der Waals surface area contributed by atoms with Crippen molar-refractivity contribution in [3.63, 3.8) is 0 Å². The zero-order valence-corrected chi connectivity index (χ0v) is 15.2. The second-order valence-electron chi connectivity index (χ2n) is 6.40. The molecule has 1 heterocycles. The van der Waals surface area contributed by atoms with Gasteiger partial charge in [-0.1, -0.05) is 24.3 Å². The van der Waals surface area contributed by atoms with Gasteiger partial charge in [0.15, 0.2) is 0 Å². The van der Waals surface area contributed by atoms with Crippen molar-refractivity contribution in [2.75, 3.05) is 0 Å². The number of hydrogen-bond donors (Lipinski definition) is 0. The van der Waals surface area contributed by atoms with Crippen LogP contribution in [0.15, 0.2) is 82.0 Å². The maximum atomic E-state index is 13.0. The molecule has 0 aliphatic carbocycles. The summed E-state index contributed by atoms with van der Waals surface area (Å²) in [6.07, 6.45) is 0. The molecule has 29 heavy (non-hydrogen) atoms. The molecule has 0 bridgehead atoms. The minimum absolute atomic E-state index is 0.134. The number of ether oxygens (including phenoxy) is 1. The third kappa shape index (κ3) is 4.57. The highest BCUT2D eigenvalue weighted by atomic mass is 19.1. The molecule has 0 N–H and O–H groups in total. The lowest BCUT2D eigenvalue weighted by Gasteiger charge is -2.07. The molecule has 7 heteroatoms. The van der Waals surface area contributed by atoms with Gasteiger partial charge in [-0.15, -0.1) is 5.10 Å². The lowest BCUT2D eigenvalue weighted by molar-refractivity contribution is 0.306. The molecule has 146 valence electrons. The quantitative estimate of drug-likeness (QED) is 0.486. The van der Waals surface area contributed by atoms with Gasteiger partial charge < -0.3 is 9.15 Å². The van der Waals surface area contributed by atoms with Gasteiger partial charge in [0.05, 0.1) is 6.54 Å². The molecule has 0 atom stereocenters. The number of nitrogens with zero attached hydrogens (tertiary/aromatic N) is 2. The Hall–Kier alpha value is -3.74. The number of aromatic nitrogens is 2. The summed E-state index contributed by atoms with van der Waals surface area (Å²) in [5, 5.41) is 4.16. The van der Waals surface area contributed by atoms with Crippen LogP contribution in [-0.4, -0.2) is 9.78 Å². The van der Waals surface area contributed by atoms with Crippen LogP contribution >= 0.6 is 0 Å². The van der Waals surface area contributed by atoms with E-state index in [0.717, 1.165) is 11.1 Å². The van der Waals surface area contributed by atoms with E-state index in [1.807, 2.05) is 12.1 Å². The fraction of sp³-hybridized carbons (Fsp3) is 0.0909. The summed E-state index contributed by atoms with van der Waals surface area (Å²) in [6, 6.07) is 18.9. The molecule has 0 spiro atoms. The van der Waals surface area contributed by atoms with Crippen LogP contribution < -0.4 is 10.5 Å². The van der Waals surface area contributed by atoms with Crippen LogP contribution in [0.25, 0.3) is 11.5 Å². The van der Waals surface area contributed by atoms with Crippen LogP contribution in [0, 0.1) is 11.6 Å². The Morgan fingerprint density at radius 1 is 0.828 bits per heavy atom. The first kappa shape index (κ1) is 18.6. The zero-order valence-electron chi connectivity index (χ0n) is 15.2. The minimum atomic E-state index is -0.596. The van der Waals surface area contributed by atoms with Gasteiger partial charge in [-0.2, -0.15) is 4.68 Å². The summed E-state index contributed by atoms with van der Waals surface area (Å²) < 4.78 is 38.0. The van der Waals surface area contributed by atoms with E-state index in [-0.39, 0.29) is 24.1 Å². The van der Waals surface area contributed by atoms with Gasteiger partial charge in [-0.25, -0.2) is 13.6 Å². The normalized spacial score (nSPS) is 10.8. The van der Waals surface area contributed by atoms with Gasteiger partial charge in [0, 0.05) is 5.56 Å². The average molecular weight is 394 g/mol. The Bertz CT molecular complexity index is 1150. The summed E-state index contributed by atoms with van der Waals surface area (Å²) in [5.41, 5.74) is 2.21. The summed E-state index contributed by atoms with van der Waals surface area (Å²) in [5.74, 6) is -0.478. The minimum Gasteiger partial charge on any atom is -0.489 e. The maximum Gasteiger partial charge on any atom is 0.437 e. The summed E-state index contributed by atoms with van der Waals surface area (Å²) >= 11 is 0.